The summed E-state index contributed by atoms with van der Waals surface area (Å²) in [5, 5.41) is 0.795. The Morgan fingerprint density at radius 1 is 1.15 bits per heavy atom. The Balaban J connectivity index is 1.56. The average Bonchev–Trinajstić information content (AvgIpc) is 3.29. The van der Waals surface area contributed by atoms with E-state index in [1.54, 1.807) is 6.07 Å². The second-order valence-corrected chi connectivity index (χ2v) is 8.53. The van der Waals surface area contributed by atoms with E-state index < -0.39 is 29.5 Å². The first-order valence-corrected chi connectivity index (χ1v) is 10.8. The van der Waals surface area contributed by atoms with Crippen molar-refractivity contribution >= 4 is 34.2 Å². The van der Waals surface area contributed by atoms with Crippen molar-refractivity contribution in [1.29, 1.82) is 0 Å². The zero-order valence-corrected chi connectivity index (χ0v) is 18.3. The summed E-state index contributed by atoms with van der Waals surface area (Å²) in [6, 6.07) is 4.98. The predicted octanol–water partition coefficient (Wildman–Crippen LogP) is 4.87. The summed E-state index contributed by atoms with van der Waals surface area (Å²) in [7, 11) is 0. The van der Waals surface area contributed by atoms with Gasteiger partial charge in [-0.15, -0.1) is 0 Å². The van der Waals surface area contributed by atoms with E-state index in [1.807, 2.05) is 0 Å². The van der Waals surface area contributed by atoms with Gasteiger partial charge in [0, 0.05) is 17.5 Å². The molecule has 0 radical (unpaired) electrons. The van der Waals surface area contributed by atoms with Crippen LogP contribution in [0.4, 0.5) is 23.4 Å². The number of anilines is 1. The van der Waals surface area contributed by atoms with E-state index in [2.05, 4.69) is 4.98 Å². The molecule has 2 aliphatic rings. The number of aromatic nitrogens is 1. The van der Waals surface area contributed by atoms with Gasteiger partial charge in [0.05, 0.1) is 54.1 Å². The molecule has 1 fully saturated rings. The minimum atomic E-state index is -4.87. The van der Waals surface area contributed by atoms with Crippen LogP contribution in [0.1, 0.15) is 38.7 Å². The highest BCUT2D eigenvalue weighted by Gasteiger charge is 2.37. The number of nitrogen functional groups attached to an aromatic ring is 1. The number of rotatable bonds is 2. The molecule has 0 saturated carbocycles. The first-order valence-electron chi connectivity index (χ1n) is 10.4. The van der Waals surface area contributed by atoms with E-state index >= 15 is 0 Å². The number of pyridine rings is 1. The van der Waals surface area contributed by atoms with Crippen LogP contribution in [-0.2, 0) is 28.9 Å². The molecule has 2 aromatic carbocycles. The van der Waals surface area contributed by atoms with E-state index in [4.69, 9.17) is 26.8 Å². The number of carbonyl (C=O) groups excluding carboxylic acids is 1. The molecule has 1 atom stereocenters. The van der Waals surface area contributed by atoms with Crippen LogP contribution in [0, 0.1) is 5.82 Å². The molecule has 0 spiro atoms. The first kappa shape index (κ1) is 22.8. The molecule has 178 valence electrons. The number of halogens is 5. The molecular weight excluding hydrogens is 478 g/mol. The van der Waals surface area contributed by atoms with Crippen molar-refractivity contribution in [3.05, 3.63) is 69.0 Å². The third-order valence-electron chi connectivity index (χ3n) is 6.12. The van der Waals surface area contributed by atoms with Gasteiger partial charge < -0.3 is 20.1 Å². The van der Waals surface area contributed by atoms with Crippen LogP contribution in [0.3, 0.4) is 0 Å². The molecule has 0 bridgehead atoms. The molecule has 5 rings (SSSR count). The van der Waals surface area contributed by atoms with Crippen molar-refractivity contribution in [2.75, 3.05) is 25.5 Å². The zero-order valence-electron chi connectivity index (χ0n) is 17.6. The third-order valence-corrected chi connectivity index (χ3v) is 6.43. The minimum absolute atomic E-state index is 0.0405. The van der Waals surface area contributed by atoms with Crippen LogP contribution in [0.5, 0.6) is 0 Å². The fourth-order valence-corrected chi connectivity index (χ4v) is 4.64. The van der Waals surface area contributed by atoms with Gasteiger partial charge in [-0.3, -0.25) is 4.79 Å². The molecule has 3 aromatic rings. The molecule has 2 aliphatic heterocycles. The lowest BCUT2D eigenvalue weighted by Gasteiger charge is -2.36. The van der Waals surface area contributed by atoms with Gasteiger partial charge in [-0.1, -0.05) is 17.7 Å². The predicted molar refractivity (Wildman–Crippen MR) is 116 cm³/mol. The van der Waals surface area contributed by atoms with Gasteiger partial charge in [-0.2, -0.15) is 13.2 Å². The van der Waals surface area contributed by atoms with Gasteiger partial charge in [0.15, 0.2) is 0 Å². The smallest absolute Gasteiger partial charge is 0.383 e. The maximum Gasteiger partial charge on any atom is 0.419 e. The number of amides is 1. The lowest BCUT2D eigenvalue weighted by atomic mass is 9.99. The van der Waals surface area contributed by atoms with Gasteiger partial charge in [0.25, 0.3) is 5.91 Å². The summed E-state index contributed by atoms with van der Waals surface area (Å²) in [6.45, 7) is 0.901. The van der Waals surface area contributed by atoms with Crippen LogP contribution in [-0.4, -0.2) is 35.5 Å². The fraction of sp³-hybridized carbons (Fsp3) is 0.304. The number of alkyl halides is 3. The number of morpholine rings is 1. The number of hydrogen-bond donors (Lipinski definition) is 1. The number of fused-ring (bicyclic) bond motifs is 3. The second-order valence-electron chi connectivity index (χ2n) is 8.12. The van der Waals surface area contributed by atoms with Gasteiger partial charge >= 0.3 is 6.18 Å². The van der Waals surface area contributed by atoms with Crippen LogP contribution in [0.2, 0.25) is 5.02 Å². The summed E-state index contributed by atoms with van der Waals surface area (Å²) in [5.41, 5.74) is 6.97. The van der Waals surface area contributed by atoms with Gasteiger partial charge in [-0.25, -0.2) is 9.37 Å². The molecule has 1 aromatic heterocycles. The second kappa shape index (κ2) is 8.37. The standard InChI is InChI=1S/C23H18ClF4N3O3/c24-17-7-19-12(14-8-34-9-15(14)21(29)30-19)6-13(17)22(32)31-3-4-33-10-20(31)11-1-2-18(25)16(5-11)23(26,27)28/h1-2,5-7,20H,3-4,8-10H2,(H2,29,30)/t20-/m0/s1. The molecule has 6 nitrogen and oxygen atoms in total. The van der Waals surface area contributed by atoms with Crippen LogP contribution >= 0.6 is 11.6 Å². The lowest BCUT2D eigenvalue weighted by molar-refractivity contribution is -0.140. The lowest BCUT2D eigenvalue weighted by Crippen LogP contribution is -2.43. The topological polar surface area (TPSA) is 77.7 Å². The third kappa shape index (κ3) is 3.85. The Hall–Kier alpha value is -2.95. The monoisotopic (exact) mass is 495 g/mol. The molecule has 2 N–H and O–H groups in total. The molecular formula is C23H18ClF4N3O3. The van der Waals surface area contributed by atoms with Crippen molar-refractivity contribution in [2.24, 2.45) is 0 Å². The molecule has 1 amide bonds. The summed E-state index contributed by atoms with van der Waals surface area (Å²) in [6.07, 6.45) is -4.87. The van der Waals surface area contributed by atoms with Gasteiger partial charge in [0.2, 0.25) is 0 Å². The maximum absolute atomic E-state index is 13.8. The summed E-state index contributed by atoms with van der Waals surface area (Å²) < 4.78 is 64.5. The van der Waals surface area contributed by atoms with Crippen molar-refractivity contribution in [3.8, 4) is 0 Å². The van der Waals surface area contributed by atoms with Gasteiger partial charge in [0.1, 0.15) is 11.6 Å². The van der Waals surface area contributed by atoms with Crippen molar-refractivity contribution in [2.45, 2.75) is 25.4 Å². The fourth-order valence-electron chi connectivity index (χ4n) is 4.40. The van der Waals surface area contributed by atoms with Crippen molar-refractivity contribution in [1.82, 2.24) is 9.88 Å². The molecule has 34 heavy (non-hydrogen) atoms. The van der Waals surface area contributed by atoms with Crippen LogP contribution < -0.4 is 5.73 Å². The Bertz CT molecular complexity index is 1320. The first-order chi connectivity index (χ1) is 16.1. The molecule has 0 aliphatic carbocycles. The normalized spacial score (nSPS) is 18.4. The Morgan fingerprint density at radius 3 is 2.68 bits per heavy atom. The summed E-state index contributed by atoms with van der Waals surface area (Å²) in [5.74, 6) is -1.53. The molecule has 11 heteroatoms. The Kier molecular flexibility index (Phi) is 5.62. The highest BCUT2D eigenvalue weighted by molar-refractivity contribution is 6.34. The number of nitrogens with zero attached hydrogens (tertiary/aromatic N) is 2. The maximum atomic E-state index is 13.8. The van der Waals surface area contributed by atoms with Crippen molar-refractivity contribution in [3.63, 3.8) is 0 Å². The quantitative estimate of drug-likeness (QED) is 0.513. The van der Waals surface area contributed by atoms with E-state index in [0.717, 1.165) is 17.2 Å². The highest BCUT2D eigenvalue weighted by atomic mass is 35.5. The van der Waals surface area contributed by atoms with E-state index in [0.29, 0.717) is 36.0 Å². The molecule has 1 saturated heterocycles. The Labute approximate surface area is 196 Å². The van der Waals surface area contributed by atoms with E-state index in [9.17, 15) is 22.4 Å². The SMILES string of the molecule is Nc1nc2cc(Cl)c(C(=O)N3CCOC[C@H]3c3ccc(F)c(C(F)(F)F)c3)cc2c2c1COC2. The number of carbonyl (C=O) groups is 1. The zero-order chi connectivity index (χ0) is 24.2. The van der Waals surface area contributed by atoms with Crippen LogP contribution in [0.15, 0.2) is 30.3 Å². The largest absolute Gasteiger partial charge is 0.419 e. The van der Waals surface area contributed by atoms with Gasteiger partial charge in [-0.05, 0) is 35.4 Å². The summed E-state index contributed by atoms with van der Waals surface area (Å²) >= 11 is 6.43. The van der Waals surface area contributed by atoms with E-state index in [-0.39, 0.29) is 35.9 Å². The molecule has 0 unspecified atom stereocenters. The van der Waals surface area contributed by atoms with Crippen LogP contribution in [0.25, 0.3) is 10.9 Å². The minimum Gasteiger partial charge on any atom is -0.383 e. The Morgan fingerprint density at radius 2 is 1.91 bits per heavy atom. The summed E-state index contributed by atoms with van der Waals surface area (Å²) in [4.78, 5) is 19.3. The number of ether oxygens (including phenoxy) is 2. The van der Waals surface area contributed by atoms with Crippen molar-refractivity contribution < 1.29 is 31.8 Å². The highest BCUT2D eigenvalue weighted by Crippen LogP contribution is 2.37. The average molecular weight is 496 g/mol. The number of nitrogens with two attached hydrogens (primary N) is 1. The number of hydrogen-bond acceptors (Lipinski definition) is 5. The molecule has 3 heterocycles. The van der Waals surface area contributed by atoms with E-state index in [1.165, 1.54) is 17.0 Å². The number of benzene rings is 2.